The van der Waals surface area contributed by atoms with E-state index in [1.807, 2.05) is 60.4 Å². The molecule has 3 rings (SSSR count). The smallest absolute Gasteiger partial charge is 0.261 e. The van der Waals surface area contributed by atoms with Crippen LogP contribution in [0.15, 0.2) is 59.4 Å². The number of amides is 1. The third-order valence-electron chi connectivity index (χ3n) is 5.59. The summed E-state index contributed by atoms with van der Waals surface area (Å²) in [5, 5.41) is 0.600. The molecule has 0 saturated carbocycles. The van der Waals surface area contributed by atoms with Gasteiger partial charge in [-0.15, -0.1) is 0 Å². The number of fused-ring (bicyclic) bond motifs is 1. The Morgan fingerprint density at radius 1 is 1.03 bits per heavy atom. The lowest BCUT2D eigenvalue weighted by Crippen LogP contribution is -2.37. The van der Waals surface area contributed by atoms with Crippen molar-refractivity contribution in [3.8, 4) is 0 Å². The van der Waals surface area contributed by atoms with E-state index in [0.29, 0.717) is 36.1 Å². The van der Waals surface area contributed by atoms with Crippen LogP contribution in [-0.2, 0) is 18.4 Å². The van der Waals surface area contributed by atoms with Crippen LogP contribution >= 0.6 is 0 Å². The fourth-order valence-corrected chi connectivity index (χ4v) is 3.90. The summed E-state index contributed by atoms with van der Waals surface area (Å²) < 4.78 is 1.60. The molecule has 2 aromatic carbocycles. The maximum Gasteiger partial charge on any atom is 0.261 e. The van der Waals surface area contributed by atoms with Crippen LogP contribution in [0.1, 0.15) is 63.4 Å². The monoisotopic (exact) mass is 405 g/mol. The predicted molar refractivity (Wildman–Crippen MR) is 121 cm³/mol. The fraction of sp³-hybridized carbons (Fsp3) is 0.400. The highest BCUT2D eigenvalue weighted by atomic mass is 16.2. The van der Waals surface area contributed by atoms with Gasteiger partial charge in [-0.1, -0.05) is 69.2 Å². The van der Waals surface area contributed by atoms with Crippen molar-refractivity contribution in [2.75, 3.05) is 0 Å². The third-order valence-corrected chi connectivity index (χ3v) is 5.59. The van der Waals surface area contributed by atoms with Crippen LogP contribution in [0.3, 0.4) is 0 Å². The summed E-state index contributed by atoms with van der Waals surface area (Å²) in [6, 6.07) is 17.1. The lowest BCUT2D eigenvalue weighted by molar-refractivity contribution is -0.135. The topological polar surface area (TPSA) is 55.2 Å². The van der Waals surface area contributed by atoms with Crippen LogP contribution in [-0.4, -0.2) is 20.4 Å². The van der Waals surface area contributed by atoms with Crippen molar-refractivity contribution in [3.63, 3.8) is 0 Å². The van der Waals surface area contributed by atoms with Crippen LogP contribution in [0.2, 0.25) is 0 Å². The molecule has 0 radical (unpaired) electrons. The molecular formula is C25H31N3O2. The van der Waals surface area contributed by atoms with Gasteiger partial charge in [0.05, 0.1) is 16.9 Å². The summed E-state index contributed by atoms with van der Waals surface area (Å²) in [4.78, 5) is 32.9. The van der Waals surface area contributed by atoms with Gasteiger partial charge in [0.1, 0.15) is 5.82 Å². The Labute approximate surface area is 178 Å². The van der Waals surface area contributed by atoms with E-state index in [9.17, 15) is 9.59 Å². The first-order valence-corrected chi connectivity index (χ1v) is 10.9. The number of unbranched alkanes of at least 4 members (excludes halogenated alkanes) is 2. The van der Waals surface area contributed by atoms with Crippen molar-refractivity contribution in [1.29, 1.82) is 0 Å². The number of rotatable bonds is 9. The first-order chi connectivity index (χ1) is 14.6. The Morgan fingerprint density at radius 2 is 1.73 bits per heavy atom. The van der Waals surface area contributed by atoms with Gasteiger partial charge in [-0.3, -0.25) is 14.2 Å². The van der Waals surface area contributed by atoms with Gasteiger partial charge >= 0.3 is 0 Å². The number of hydrogen-bond acceptors (Lipinski definition) is 3. The van der Waals surface area contributed by atoms with E-state index < -0.39 is 0 Å². The van der Waals surface area contributed by atoms with E-state index in [-0.39, 0.29) is 17.5 Å². The highest BCUT2D eigenvalue weighted by molar-refractivity contribution is 5.78. The second-order valence-corrected chi connectivity index (χ2v) is 7.74. The molecule has 5 nitrogen and oxygen atoms in total. The second-order valence-electron chi connectivity index (χ2n) is 7.74. The highest BCUT2D eigenvalue weighted by Crippen LogP contribution is 2.26. The number of para-hydroxylation sites is 1. The molecule has 0 aliphatic heterocycles. The lowest BCUT2D eigenvalue weighted by atomic mass is 10.1. The Hall–Kier alpha value is -2.95. The number of hydrogen-bond donors (Lipinski definition) is 0. The zero-order chi connectivity index (χ0) is 21.5. The van der Waals surface area contributed by atoms with Crippen LogP contribution in [0.25, 0.3) is 10.9 Å². The van der Waals surface area contributed by atoms with E-state index in [2.05, 4.69) is 6.92 Å². The normalized spacial score (nSPS) is 12.1. The van der Waals surface area contributed by atoms with Gasteiger partial charge in [-0.2, -0.15) is 0 Å². The fourth-order valence-electron chi connectivity index (χ4n) is 3.90. The summed E-state index contributed by atoms with van der Waals surface area (Å²) in [7, 11) is 1.75. The number of benzene rings is 2. The second kappa shape index (κ2) is 10.2. The average Bonchev–Trinajstić information content (AvgIpc) is 2.77. The van der Waals surface area contributed by atoms with E-state index in [1.165, 1.54) is 0 Å². The Balaban J connectivity index is 2.03. The van der Waals surface area contributed by atoms with Gasteiger partial charge in [0.2, 0.25) is 5.91 Å². The van der Waals surface area contributed by atoms with Gasteiger partial charge in [-0.25, -0.2) is 4.98 Å². The molecular weight excluding hydrogens is 374 g/mol. The maximum absolute atomic E-state index is 13.3. The number of carbonyl (C=O) groups excluding carboxylic acids is 1. The predicted octanol–water partition coefficient (Wildman–Crippen LogP) is 4.99. The maximum atomic E-state index is 13.3. The van der Waals surface area contributed by atoms with Gasteiger partial charge < -0.3 is 4.90 Å². The summed E-state index contributed by atoms with van der Waals surface area (Å²) >= 11 is 0. The molecule has 3 aromatic rings. The Bertz CT molecular complexity index is 1040. The molecule has 1 amide bonds. The first kappa shape index (κ1) is 21.8. The van der Waals surface area contributed by atoms with E-state index in [0.717, 1.165) is 24.8 Å². The molecule has 1 atom stereocenters. The van der Waals surface area contributed by atoms with E-state index >= 15 is 0 Å². The van der Waals surface area contributed by atoms with Crippen LogP contribution < -0.4 is 5.56 Å². The molecule has 0 fully saturated rings. The molecule has 1 heterocycles. The molecule has 0 aliphatic rings. The minimum Gasteiger partial charge on any atom is -0.328 e. The molecule has 0 N–H and O–H groups in total. The molecule has 0 saturated heterocycles. The van der Waals surface area contributed by atoms with Gasteiger partial charge in [-0.05, 0) is 30.5 Å². The standard InChI is InChI=1S/C25H31N3O2/c1-4-6-8-17-23(29)28(18-19-13-9-7-10-14-19)22(5-2)24-26-21-16-12-11-15-20(21)25(30)27(24)3/h7,9-16,22H,4-6,8,17-18H2,1-3H3. The van der Waals surface area contributed by atoms with Gasteiger partial charge in [0.15, 0.2) is 0 Å². The number of aromatic nitrogens is 2. The Morgan fingerprint density at radius 3 is 2.43 bits per heavy atom. The summed E-state index contributed by atoms with van der Waals surface area (Å²) in [6.07, 6.45) is 4.18. The molecule has 30 heavy (non-hydrogen) atoms. The van der Waals surface area contributed by atoms with E-state index in [1.54, 1.807) is 17.7 Å². The van der Waals surface area contributed by atoms with Gasteiger partial charge in [0.25, 0.3) is 5.56 Å². The molecule has 5 heteroatoms. The highest BCUT2D eigenvalue weighted by Gasteiger charge is 2.27. The number of carbonyl (C=O) groups is 1. The van der Waals surface area contributed by atoms with Crippen molar-refractivity contribution < 1.29 is 4.79 Å². The van der Waals surface area contributed by atoms with Crippen molar-refractivity contribution in [2.45, 2.75) is 58.5 Å². The third kappa shape index (κ3) is 4.78. The van der Waals surface area contributed by atoms with Crippen molar-refractivity contribution in [1.82, 2.24) is 14.5 Å². The van der Waals surface area contributed by atoms with Crippen LogP contribution in [0.5, 0.6) is 0 Å². The zero-order valence-electron chi connectivity index (χ0n) is 18.2. The lowest BCUT2D eigenvalue weighted by Gasteiger charge is -2.32. The SMILES string of the molecule is CCCCCC(=O)N(Cc1ccccc1)C(CC)c1nc2ccccc2c(=O)n1C. The average molecular weight is 406 g/mol. The first-order valence-electron chi connectivity index (χ1n) is 10.9. The molecule has 1 aromatic heterocycles. The van der Waals surface area contributed by atoms with Crippen LogP contribution in [0, 0.1) is 0 Å². The van der Waals surface area contributed by atoms with Crippen LogP contribution in [0.4, 0.5) is 0 Å². The molecule has 1 unspecified atom stereocenters. The van der Waals surface area contributed by atoms with Crippen molar-refractivity contribution in [3.05, 3.63) is 76.3 Å². The minimum atomic E-state index is -0.262. The quantitative estimate of drug-likeness (QED) is 0.471. The zero-order valence-corrected chi connectivity index (χ0v) is 18.2. The minimum absolute atomic E-state index is 0.0767. The van der Waals surface area contributed by atoms with Crippen molar-refractivity contribution in [2.24, 2.45) is 7.05 Å². The largest absolute Gasteiger partial charge is 0.328 e. The summed E-state index contributed by atoms with van der Waals surface area (Å²) in [5.41, 5.74) is 1.67. The van der Waals surface area contributed by atoms with E-state index in [4.69, 9.17) is 4.98 Å². The van der Waals surface area contributed by atoms with Crippen molar-refractivity contribution >= 4 is 16.8 Å². The summed E-state index contributed by atoms with van der Waals surface area (Å²) in [6.45, 7) is 4.69. The molecule has 0 aliphatic carbocycles. The summed E-state index contributed by atoms with van der Waals surface area (Å²) in [5.74, 6) is 0.752. The molecule has 0 bridgehead atoms. The molecule has 0 spiro atoms. The molecule has 158 valence electrons. The Kier molecular flexibility index (Phi) is 7.39. The van der Waals surface area contributed by atoms with Gasteiger partial charge in [0, 0.05) is 20.0 Å². The number of nitrogens with zero attached hydrogens (tertiary/aromatic N) is 3.